The normalized spacial score (nSPS) is 5.87. The van der Waals surface area contributed by atoms with Gasteiger partial charge >= 0.3 is 52.1 Å². The minimum Gasteiger partial charge on any atom is -0.907 e. The van der Waals surface area contributed by atoms with Crippen LogP contribution in [-0.2, 0) is 61.3 Å². The van der Waals surface area contributed by atoms with Gasteiger partial charge in [-0.1, -0.05) is 0 Å². The van der Waals surface area contributed by atoms with Gasteiger partial charge in [0.25, 0.3) is 0 Å². The second kappa shape index (κ2) is 97.4. The molecule has 0 aromatic heterocycles. The van der Waals surface area contributed by atoms with E-state index in [0.717, 1.165) is 0 Å². The summed E-state index contributed by atoms with van der Waals surface area (Å²) in [6.45, 7) is 0. The van der Waals surface area contributed by atoms with Gasteiger partial charge in [0.2, 0.25) is 0 Å². The van der Waals surface area contributed by atoms with E-state index in [1.165, 1.54) is 0 Å². The molecule has 0 rings (SSSR count). The average molecular weight is 1230 g/mol. The molecule has 30 nitrogen and oxygen atoms in total. The van der Waals surface area contributed by atoms with Gasteiger partial charge in [0.15, 0.2) is 0 Å². The van der Waals surface area contributed by atoms with Crippen molar-refractivity contribution in [1.82, 2.24) is 0 Å². The molecule has 0 N–H and O–H groups in total. The fraction of sp³-hybridized carbons (Fsp3) is 0. The van der Waals surface area contributed by atoms with Crippen LogP contribution in [0, 0.1) is 0 Å². The molecular formula is Al3B10O30Re3-21. The predicted molar refractivity (Wildman–Crippen MR) is 74.8 cm³/mol. The third-order valence-electron chi connectivity index (χ3n) is 0. The molecule has 0 spiro atoms. The summed E-state index contributed by atoms with van der Waals surface area (Å²) in [6.07, 6.45) is 0. The maximum atomic E-state index is 8.42. The standard InChI is InChI=1S/3Al.10BO3.3Re/c;;;10*2-1(3)4;;;/q3*+3;10*-3;;;. The first-order valence-electron chi connectivity index (χ1n) is 7.07. The van der Waals surface area contributed by atoms with Gasteiger partial charge in [-0.25, -0.2) is 0 Å². The maximum Gasteiger partial charge on any atom is 3.00 e. The first-order valence-corrected chi connectivity index (χ1v) is 7.07. The second-order valence-electron chi connectivity index (χ2n) is 2.89. The first kappa shape index (κ1) is 104. The molecule has 0 aliphatic carbocycles. The van der Waals surface area contributed by atoms with E-state index >= 15 is 0 Å². The van der Waals surface area contributed by atoms with Crippen LogP contribution in [0.2, 0.25) is 0 Å². The van der Waals surface area contributed by atoms with Gasteiger partial charge in [0.1, 0.15) is 0 Å². The Kier molecular flexibility index (Phi) is 219. The van der Waals surface area contributed by atoms with Gasteiger partial charge in [-0.3, -0.25) is 73.2 Å². The van der Waals surface area contributed by atoms with Crippen molar-refractivity contribution in [3.05, 3.63) is 0 Å². The van der Waals surface area contributed by atoms with Crippen molar-refractivity contribution in [3.8, 4) is 0 Å². The fourth-order valence-electron chi connectivity index (χ4n) is 0. The Bertz CT molecular complexity index is 211. The van der Waals surface area contributed by atoms with E-state index in [0.29, 0.717) is 0 Å². The molecule has 0 aromatic rings. The topological polar surface area (TPSA) is 692 Å². The third kappa shape index (κ3) is 10800. The number of rotatable bonds is 0. The number of hydrogen-bond acceptors (Lipinski definition) is 30. The molecule has 261 valence electrons. The van der Waals surface area contributed by atoms with Crippen molar-refractivity contribution >= 4 is 125 Å². The quantitative estimate of drug-likeness (QED) is 0.203. The second-order valence-corrected chi connectivity index (χ2v) is 2.89. The summed E-state index contributed by atoms with van der Waals surface area (Å²) in [7, 11) is -29.2. The van der Waals surface area contributed by atoms with Crippen LogP contribution < -0.4 is 151 Å². The molecule has 0 aromatic carbocycles. The Morgan fingerprint density at radius 3 is 0.130 bits per heavy atom. The van der Waals surface area contributed by atoms with E-state index in [2.05, 4.69) is 0 Å². The summed E-state index contributed by atoms with van der Waals surface area (Å²) >= 11 is 0. The van der Waals surface area contributed by atoms with Crippen molar-refractivity contribution < 1.29 is 212 Å². The zero-order valence-electron chi connectivity index (χ0n) is 20.9. The zero-order valence-corrected chi connectivity index (χ0v) is 32.5. The Morgan fingerprint density at radius 2 is 0.130 bits per heavy atom. The van der Waals surface area contributed by atoms with Gasteiger partial charge in [-0.2, -0.15) is 0 Å². The Labute approximate surface area is 334 Å². The summed E-state index contributed by atoms with van der Waals surface area (Å²) in [5.74, 6) is 0. The molecule has 0 atom stereocenters. The first-order chi connectivity index (χ1) is 17.3. The molecule has 0 unspecified atom stereocenters. The molecule has 0 aliphatic rings. The molecule has 0 saturated carbocycles. The smallest absolute Gasteiger partial charge is 0.907 e. The maximum absolute atomic E-state index is 8.42. The van der Waals surface area contributed by atoms with Crippen molar-refractivity contribution in [2.75, 3.05) is 0 Å². The van der Waals surface area contributed by atoms with Crippen LogP contribution in [0.5, 0.6) is 0 Å². The Morgan fingerprint density at radius 1 is 0.130 bits per heavy atom. The molecule has 46 heavy (non-hydrogen) atoms. The predicted octanol–water partition coefficient (Wildman–Crippen LogP) is -40.6. The van der Waals surface area contributed by atoms with Crippen molar-refractivity contribution in [2.24, 2.45) is 0 Å². The van der Waals surface area contributed by atoms with Crippen LogP contribution >= 0.6 is 0 Å². The van der Waals surface area contributed by atoms with Crippen LogP contribution in [0.15, 0.2) is 0 Å². The van der Waals surface area contributed by atoms with E-state index in [-0.39, 0.29) is 113 Å². The molecule has 0 fully saturated rings. The molecule has 46 heteroatoms. The van der Waals surface area contributed by atoms with E-state index in [9.17, 15) is 0 Å². The van der Waals surface area contributed by atoms with Gasteiger partial charge in [0, 0.05) is 61.3 Å². The molecule has 0 saturated heterocycles. The molecule has 0 bridgehead atoms. The van der Waals surface area contributed by atoms with E-state index in [1.54, 1.807) is 0 Å². The molecule has 0 heterocycles. The van der Waals surface area contributed by atoms with Crippen molar-refractivity contribution in [1.29, 1.82) is 0 Å². The minimum atomic E-state index is -2.92. The van der Waals surface area contributed by atoms with Crippen LogP contribution in [0.25, 0.3) is 0 Å². The summed E-state index contributed by atoms with van der Waals surface area (Å²) in [5, 5.41) is 252. The van der Waals surface area contributed by atoms with Crippen LogP contribution in [-0.4, -0.2) is 125 Å². The summed E-state index contributed by atoms with van der Waals surface area (Å²) in [4.78, 5) is 0. The van der Waals surface area contributed by atoms with E-state index in [1.807, 2.05) is 0 Å². The zero-order chi connectivity index (χ0) is 35.8. The fourth-order valence-corrected chi connectivity index (χ4v) is 0. The minimum absolute atomic E-state index is 0. The Balaban J connectivity index is -0.0000000153. The van der Waals surface area contributed by atoms with Gasteiger partial charge in [0.05, 0.1) is 0 Å². The van der Waals surface area contributed by atoms with Gasteiger partial charge in [-0.15, -0.1) is 0 Å². The molecule has 3 radical (unpaired) electrons. The largest absolute Gasteiger partial charge is 3.00 e. The van der Waals surface area contributed by atoms with Crippen LogP contribution in [0.3, 0.4) is 0 Å². The average Bonchev–Trinajstić information content (AvgIpc) is 2.47. The number of hydrogen-bond donors (Lipinski definition) is 0. The van der Waals surface area contributed by atoms with Crippen molar-refractivity contribution in [2.45, 2.75) is 0 Å². The van der Waals surface area contributed by atoms with Gasteiger partial charge < -0.3 is 151 Å². The molecule has 0 amide bonds. The van der Waals surface area contributed by atoms with Crippen LogP contribution in [0.1, 0.15) is 0 Å². The van der Waals surface area contributed by atoms with Crippen LogP contribution in [0.4, 0.5) is 0 Å². The van der Waals surface area contributed by atoms with Crippen molar-refractivity contribution in [3.63, 3.8) is 0 Å². The third-order valence-corrected chi connectivity index (χ3v) is 0. The molecule has 0 aliphatic heterocycles. The monoisotopic (exact) mass is 1230 g/mol. The SMILES string of the molecule is [Al+3].[Al+3].[Al+3].[O-]B([O-])[O-].[O-]B([O-])[O-].[O-]B([O-])[O-].[O-]B([O-])[O-].[O-]B([O-])[O-].[O-]B([O-])[O-].[O-]B([O-])[O-].[O-]B([O-])[O-].[O-]B([O-])[O-].[O-]B([O-])[O-].[Re].[Re].[Re]. The van der Waals surface area contributed by atoms with E-state index in [4.69, 9.17) is 151 Å². The van der Waals surface area contributed by atoms with Gasteiger partial charge in [-0.05, 0) is 0 Å². The van der Waals surface area contributed by atoms with E-state index < -0.39 is 73.2 Å². The Hall–Kier alpha value is 3.03. The summed E-state index contributed by atoms with van der Waals surface area (Å²) < 4.78 is 0. The summed E-state index contributed by atoms with van der Waals surface area (Å²) in [5.41, 5.74) is 0. The molecular weight excluding hydrogens is 1230 g/mol. The summed E-state index contributed by atoms with van der Waals surface area (Å²) in [6, 6.07) is 0.